The molecule has 0 aliphatic rings. The van der Waals surface area contributed by atoms with E-state index in [0.29, 0.717) is 14.9 Å². The maximum atomic E-state index is 11.9. The van der Waals surface area contributed by atoms with Crippen LogP contribution in [-0.2, 0) is 0 Å². The van der Waals surface area contributed by atoms with Gasteiger partial charge in [-0.3, -0.25) is 0 Å². The Labute approximate surface area is 116 Å². The zero-order valence-electron chi connectivity index (χ0n) is 9.22. The maximum Gasteiger partial charge on any atom is 0.389 e. The van der Waals surface area contributed by atoms with Crippen LogP contribution in [0.3, 0.4) is 0 Å². The highest BCUT2D eigenvalue weighted by Crippen LogP contribution is 2.30. The Balaban J connectivity index is 2.61. The first-order valence-electron chi connectivity index (χ1n) is 5.02. The molecule has 3 nitrogen and oxygen atoms in total. The lowest BCUT2D eigenvalue weighted by molar-refractivity contribution is -0.136. The van der Waals surface area contributed by atoms with E-state index in [-0.39, 0.29) is 18.7 Å². The van der Waals surface area contributed by atoms with Gasteiger partial charge < -0.3 is 10.5 Å². The molecular weight excluding hydrogens is 360 g/mol. The number of ether oxygens (including phenoxy) is 1. The van der Waals surface area contributed by atoms with Gasteiger partial charge in [-0.15, -0.1) is 0 Å². The van der Waals surface area contributed by atoms with Gasteiger partial charge in [0.15, 0.2) is 5.75 Å². The molecule has 18 heavy (non-hydrogen) atoms. The molecule has 0 amide bonds. The van der Waals surface area contributed by atoms with Crippen molar-refractivity contribution >= 4 is 28.3 Å². The molecule has 0 bridgehead atoms. The van der Waals surface area contributed by atoms with Crippen LogP contribution in [0.2, 0.25) is 0 Å². The Morgan fingerprint density at radius 1 is 1.39 bits per heavy atom. The van der Waals surface area contributed by atoms with E-state index in [4.69, 9.17) is 15.7 Å². The summed E-state index contributed by atoms with van der Waals surface area (Å²) in [4.78, 5) is 0. The standard InChI is InChI=1S/C11H10F3IN2O/c12-11(13,14)2-1-3-18-10-8(15)4-7(6-16)5-9(10)17/h4-5H,1-3,17H2. The molecule has 2 N–H and O–H groups in total. The van der Waals surface area contributed by atoms with E-state index < -0.39 is 12.6 Å². The van der Waals surface area contributed by atoms with Crippen LogP contribution in [0.15, 0.2) is 12.1 Å². The maximum absolute atomic E-state index is 11.9. The van der Waals surface area contributed by atoms with Crippen molar-refractivity contribution in [2.45, 2.75) is 19.0 Å². The molecule has 0 heterocycles. The second-order valence-electron chi connectivity index (χ2n) is 3.56. The topological polar surface area (TPSA) is 59.0 Å². The van der Waals surface area contributed by atoms with Crippen LogP contribution in [0.5, 0.6) is 5.75 Å². The third kappa shape index (κ3) is 4.60. The van der Waals surface area contributed by atoms with Gasteiger partial charge in [-0.25, -0.2) is 0 Å². The number of nitrogens with two attached hydrogens (primary N) is 1. The molecular formula is C11H10F3IN2O. The van der Waals surface area contributed by atoms with Gasteiger partial charge in [0.05, 0.1) is 27.5 Å². The highest BCUT2D eigenvalue weighted by atomic mass is 127. The molecule has 0 aliphatic heterocycles. The summed E-state index contributed by atoms with van der Waals surface area (Å²) in [5.74, 6) is 0.330. The van der Waals surface area contributed by atoms with Crippen LogP contribution in [0, 0.1) is 14.9 Å². The van der Waals surface area contributed by atoms with Crippen LogP contribution in [0.4, 0.5) is 18.9 Å². The van der Waals surface area contributed by atoms with Crippen LogP contribution in [0.25, 0.3) is 0 Å². The third-order valence-corrected chi connectivity index (χ3v) is 2.85. The number of hydrogen-bond donors (Lipinski definition) is 1. The number of anilines is 1. The lowest BCUT2D eigenvalue weighted by atomic mass is 10.2. The normalized spacial score (nSPS) is 11.1. The fraction of sp³-hybridized carbons (Fsp3) is 0.364. The monoisotopic (exact) mass is 370 g/mol. The highest BCUT2D eigenvalue weighted by Gasteiger charge is 2.26. The molecule has 0 unspecified atom stereocenters. The first kappa shape index (κ1) is 14.9. The first-order valence-corrected chi connectivity index (χ1v) is 6.10. The summed E-state index contributed by atoms with van der Waals surface area (Å²) in [6.45, 7) is -0.0639. The van der Waals surface area contributed by atoms with Gasteiger partial charge in [-0.05, 0) is 41.1 Å². The quantitative estimate of drug-likeness (QED) is 0.502. The second-order valence-corrected chi connectivity index (χ2v) is 4.72. The molecule has 0 aromatic heterocycles. The van der Waals surface area contributed by atoms with Crippen molar-refractivity contribution in [1.82, 2.24) is 0 Å². The van der Waals surface area contributed by atoms with Crippen molar-refractivity contribution in [3.63, 3.8) is 0 Å². The van der Waals surface area contributed by atoms with Gasteiger partial charge in [-0.2, -0.15) is 18.4 Å². The predicted octanol–water partition coefficient (Wildman–Crippen LogP) is 3.47. The molecule has 0 fully saturated rings. The minimum absolute atomic E-state index is 0.0639. The number of hydrogen-bond acceptors (Lipinski definition) is 3. The van der Waals surface area contributed by atoms with Gasteiger partial charge >= 0.3 is 6.18 Å². The van der Waals surface area contributed by atoms with Crippen LogP contribution in [-0.4, -0.2) is 12.8 Å². The van der Waals surface area contributed by atoms with Crippen LogP contribution in [0.1, 0.15) is 18.4 Å². The van der Waals surface area contributed by atoms with E-state index in [1.54, 1.807) is 6.07 Å². The molecule has 0 saturated heterocycles. The lowest BCUT2D eigenvalue weighted by Gasteiger charge is -2.12. The fourth-order valence-corrected chi connectivity index (χ4v) is 2.08. The highest BCUT2D eigenvalue weighted by molar-refractivity contribution is 14.1. The summed E-state index contributed by atoms with van der Waals surface area (Å²) in [6.07, 6.45) is -5.19. The Morgan fingerprint density at radius 2 is 2.06 bits per heavy atom. The van der Waals surface area contributed by atoms with Crippen LogP contribution < -0.4 is 10.5 Å². The Bertz CT molecular complexity index is 445. The van der Waals surface area contributed by atoms with E-state index in [1.807, 2.05) is 28.7 Å². The first-order chi connectivity index (χ1) is 8.33. The Kier molecular flexibility index (Phi) is 5.07. The molecule has 98 valence electrons. The average Bonchev–Trinajstić information content (AvgIpc) is 2.25. The van der Waals surface area contributed by atoms with E-state index in [1.165, 1.54) is 6.07 Å². The smallest absolute Gasteiger partial charge is 0.389 e. The average molecular weight is 370 g/mol. The van der Waals surface area contributed by atoms with Gasteiger partial charge in [0.25, 0.3) is 0 Å². The van der Waals surface area contributed by atoms with Gasteiger partial charge in [0, 0.05) is 6.42 Å². The molecule has 0 aliphatic carbocycles. The summed E-state index contributed by atoms with van der Waals surface area (Å²) < 4.78 is 41.6. The molecule has 1 rings (SSSR count). The molecule has 1 aromatic rings. The third-order valence-electron chi connectivity index (χ3n) is 2.05. The Hall–Kier alpha value is -1.17. The number of halogens is 4. The molecule has 7 heteroatoms. The number of nitrogens with zero attached hydrogens (tertiary/aromatic N) is 1. The van der Waals surface area contributed by atoms with Crippen LogP contribution >= 0.6 is 22.6 Å². The summed E-state index contributed by atoms with van der Waals surface area (Å²) in [5, 5.41) is 8.71. The van der Waals surface area contributed by atoms with Crippen molar-refractivity contribution in [2.75, 3.05) is 12.3 Å². The lowest BCUT2D eigenvalue weighted by Crippen LogP contribution is -2.10. The molecule has 0 spiro atoms. The minimum atomic E-state index is -4.17. The number of rotatable bonds is 4. The second kappa shape index (κ2) is 6.13. The molecule has 0 atom stereocenters. The van der Waals surface area contributed by atoms with E-state index in [0.717, 1.165) is 0 Å². The van der Waals surface area contributed by atoms with Gasteiger partial charge in [0.2, 0.25) is 0 Å². The van der Waals surface area contributed by atoms with Crippen molar-refractivity contribution in [3.8, 4) is 11.8 Å². The minimum Gasteiger partial charge on any atom is -0.490 e. The van der Waals surface area contributed by atoms with Crippen molar-refractivity contribution in [1.29, 1.82) is 5.26 Å². The summed E-state index contributed by atoms with van der Waals surface area (Å²) in [7, 11) is 0. The largest absolute Gasteiger partial charge is 0.490 e. The zero-order valence-corrected chi connectivity index (χ0v) is 11.4. The van der Waals surface area contributed by atoms with Crippen molar-refractivity contribution in [2.24, 2.45) is 0 Å². The predicted molar refractivity (Wildman–Crippen MR) is 69.1 cm³/mol. The number of nitriles is 1. The molecule has 1 aromatic carbocycles. The van der Waals surface area contributed by atoms with E-state index in [2.05, 4.69) is 0 Å². The summed E-state index contributed by atoms with van der Waals surface area (Å²) in [5.41, 5.74) is 6.31. The van der Waals surface area contributed by atoms with Crippen molar-refractivity contribution in [3.05, 3.63) is 21.3 Å². The number of benzene rings is 1. The molecule has 0 radical (unpaired) electrons. The van der Waals surface area contributed by atoms with E-state index in [9.17, 15) is 13.2 Å². The fourth-order valence-electron chi connectivity index (χ4n) is 1.28. The molecule has 0 saturated carbocycles. The number of alkyl halides is 3. The number of nitrogen functional groups attached to an aromatic ring is 1. The van der Waals surface area contributed by atoms with E-state index >= 15 is 0 Å². The van der Waals surface area contributed by atoms with Gasteiger partial charge in [0.1, 0.15) is 0 Å². The SMILES string of the molecule is N#Cc1cc(N)c(OCCCC(F)(F)F)c(I)c1. The zero-order chi connectivity index (χ0) is 13.8. The summed E-state index contributed by atoms with van der Waals surface area (Å²) in [6, 6.07) is 4.93. The summed E-state index contributed by atoms with van der Waals surface area (Å²) >= 11 is 1.92. The van der Waals surface area contributed by atoms with Crippen molar-refractivity contribution < 1.29 is 17.9 Å². The van der Waals surface area contributed by atoms with Gasteiger partial charge in [-0.1, -0.05) is 0 Å². The Morgan fingerprint density at radius 3 is 2.56 bits per heavy atom.